The van der Waals surface area contributed by atoms with Gasteiger partial charge >= 0.3 is 0 Å². The van der Waals surface area contributed by atoms with Crippen molar-refractivity contribution in [2.75, 3.05) is 0 Å². The van der Waals surface area contributed by atoms with Gasteiger partial charge in [-0.2, -0.15) is 0 Å². The molecular weight excluding hydrogens is 234 g/mol. The van der Waals surface area contributed by atoms with Crippen molar-refractivity contribution in [2.45, 2.75) is 53.1 Å². The molecule has 0 saturated heterocycles. The summed E-state index contributed by atoms with van der Waals surface area (Å²) in [5.41, 5.74) is 8.58. The van der Waals surface area contributed by atoms with Gasteiger partial charge < -0.3 is 10.3 Å². The first-order chi connectivity index (χ1) is 8.62. The predicted molar refractivity (Wildman–Crippen MR) is 81.1 cm³/mol. The molecule has 0 fully saturated rings. The minimum absolute atomic E-state index is 0.00955. The minimum atomic E-state index is -0.0841. The van der Waals surface area contributed by atoms with Crippen LogP contribution in [-0.2, 0) is 5.54 Å². The number of hydrogen-bond acceptors (Lipinski definition) is 2. The molecule has 3 nitrogen and oxygen atoms in total. The number of rotatable bonds is 1. The number of imidazole rings is 1. The third-order valence-electron chi connectivity index (χ3n) is 3.47. The summed E-state index contributed by atoms with van der Waals surface area (Å²) in [5.74, 6) is 0.973. The molecule has 0 amide bonds. The Hall–Kier alpha value is -1.35. The largest absolute Gasteiger partial charge is 0.321 e. The molecule has 1 aromatic heterocycles. The Morgan fingerprint density at radius 1 is 1.05 bits per heavy atom. The molecule has 0 spiro atoms. The lowest BCUT2D eigenvalue weighted by Gasteiger charge is -2.31. The second-order valence-corrected chi connectivity index (χ2v) is 7.31. The smallest absolute Gasteiger partial charge is 0.127 e. The Bertz CT molecular complexity index is 582. The summed E-state index contributed by atoms with van der Waals surface area (Å²) in [4.78, 5) is 4.78. The molecule has 0 radical (unpaired) electrons. The van der Waals surface area contributed by atoms with Gasteiger partial charge in [-0.15, -0.1) is 0 Å². The Balaban J connectivity index is 2.74. The number of para-hydroxylation sites is 2. The van der Waals surface area contributed by atoms with E-state index in [4.69, 9.17) is 10.7 Å². The molecule has 19 heavy (non-hydrogen) atoms. The second-order valence-electron chi connectivity index (χ2n) is 7.31. The van der Waals surface area contributed by atoms with Gasteiger partial charge in [0.1, 0.15) is 5.82 Å². The van der Waals surface area contributed by atoms with E-state index in [1.807, 2.05) is 6.07 Å². The van der Waals surface area contributed by atoms with Crippen molar-refractivity contribution < 1.29 is 0 Å². The first-order valence-electron chi connectivity index (χ1n) is 6.86. The zero-order valence-corrected chi connectivity index (χ0v) is 12.9. The SMILES string of the molecule is CC(C)(C)C(N)c1nc2ccccc2n1C(C)(C)C. The van der Waals surface area contributed by atoms with Crippen molar-refractivity contribution in [3.8, 4) is 0 Å². The number of aromatic nitrogens is 2. The average molecular weight is 259 g/mol. The molecule has 2 rings (SSSR count). The summed E-state index contributed by atoms with van der Waals surface area (Å²) < 4.78 is 2.28. The lowest BCUT2D eigenvalue weighted by atomic mass is 9.86. The zero-order valence-electron chi connectivity index (χ0n) is 12.9. The lowest BCUT2D eigenvalue weighted by molar-refractivity contribution is 0.287. The quantitative estimate of drug-likeness (QED) is 0.845. The van der Waals surface area contributed by atoms with Gasteiger partial charge in [-0.3, -0.25) is 0 Å². The summed E-state index contributed by atoms with van der Waals surface area (Å²) in [6, 6.07) is 8.16. The average Bonchev–Trinajstić information content (AvgIpc) is 2.64. The highest BCUT2D eigenvalue weighted by molar-refractivity contribution is 5.76. The van der Waals surface area contributed by atoms with E-state index in [-0.39, 0.29) is 17.0 Å². The molecule has 1 heterocycles. The molecule has 0 aliphatic rings. The molecule has 1 atom stereocenters. The number of fused-ring (bicyclic) bond motifs is 1. The number of nitrogens with zero attached hydrogens (tertiary/aromatic N) is 2. The fourth-order valence-corrected chi connectivity index (χ4v) is 2.35. The number of hydrogen-bond donors (Lipinski definition) is 1. The maximum atomic E-state index is 6.45. The van der Waals surface area contributed by atoms with Gasteiger partial charge in [-0.1, -0.05) is 32.9 Å². The van der Waals surface area contributed by atoms with Crippen LogP contribution in [0.5, 0.6) is 0 Å². The second kappa shape index (κ2) is 4.34. The Kier molecular flexibility index (Phi) is 3.21. The summed E-state index contributed by atoms with van der Waals surface area (Å²) in [6.07, 6.45) is 0. The van der Waals surface area contributed by atoms with Crippen LogP contribution in [0.2, 0.25) is 0 Å². The molecule has 0 aliphatic heterocycles. The summed E-state index contributed by atoms with van der Waals surface area (Å²) in [5, 5.41) is 0. The van der Waals surface area contributed by atoms with Crippen LogP contribution < -0.4 is 5.73 Å². The highest BCUT2D eigenvalue weighted by atomic mass is 15.2. The van der Waals surface area contributed by atoms with Gasteiger partial charge in [-0.25, -0.2) is 4.98 Å². The van der Waals surface area contributed by atoms with E-state index >= 15 is 0 Å². The van der Waals surface area contributed by atoms with Crippen molar-refractivity contribution in [1.82, 2.24) is 9.55 Å². The van der Waals surface area contributed by atoms with Crippen LogP contribution in [0.4, 0.5) is 0 Å². The summed E-state index contributed by atoms with van der Waals surface area (Å²) in [6.45, 7) is 13.1. The minimum Gasteiger partial charge on any atom is -0.321 e. The van der Waals surface area contributed by atoms with E-state index in [2.05, 4.69) is 64.3 Å². The van der Waals surface area contributed by atoms with Crippen LogP contribution in [0.1, 0.15) is 53.4 Å². The first kappa shape index (κ1) is 14.1. The van der Waals surface area contributed by atoms with E-state index in [1.54, 1.807) is 0 Å². The van der Waals surface area contributed by atoms with Crippen LogP contribution in [0.15, 0.2) is 24.3 Å². The molecule has 2 aromatic rings. The normalized spacial score (nSPS) is 14.9. The van der Waals surface area contributed by atoms with Gasteiger partial charge in [0, 0.05) is 5.54 Å². The van der Waals surface area contributed by atoms with Gasteiger partial charge in [0.2, 0.25) is 0 Å². The van der Waals surface area contributed by atoms with E-state index in [0.29, 0.717) is 0 Å². The zero-order chi connectivity index (χ0) is 14.4. The van der Waals surface area contributed by atoms with Crippen LogP contribution in [-0.4, -0.2) is 9.55 Å². The summed E-state index contributed by atoms with van der Waals surface area (Å²) >= 11 is 0. The van der Waals surface area contributed by atoms with Crippen molar-refractivity contribution >= 4 is 11.0 Å². The Morgan fingerprint density at radius 3 is 2.16 bits per heavy atom. The molecule has 3 heteroatoms. The molecule has 1 unspecified atom stereocenters. The lowest BCUT2D eigenvalue weighted by Crippen LogP contribution is -2.33. The fourth-order valence-electron chi connectivity index (χ4n) is 2.35. The third kappa shape index (κ3) is 2.52. The molecule has 0 aliphatic carbocycles. The Morgan fingerprint density at radius 2 is 1.63 bits per heavy atom. The van der Waals surface area contributed by atoms with Crippen LogP contribution in [0.3, 0.4) is 0 Å². The standard InChI is InChI=1S/C16H25N3/c1-15(2,3)13(17)14-18-11-9-7-8-10-12(11)19(14)16(4,5)6/h7-10,13H,17H2,1-6H3. The van der Waals surface area contributed by atoms with Crippen molar-refractivity contribution in [3.05, 3.63) is 30.1 Å². The van der Waals surface area contributed by atoms with E-state index in [0.717, 1.165) is 16.9 Å². The molecule has 104 valence electrons. The van der Waals surface area contributed by atoms with Crippen molar-refractivity contribution in [3.63, 3.8) is 0 Å². The highest BCUT2D eigenvalue weighted by Crippen LogP contribution is 2.34. The van der Waals surface area contributed by atoms with E-state index < -0.39 is 0 Å². The molecule has 0 saturated carbocycles. The van der Waals surface area contributed by atoms with E-state index in [1.165, 1.54) is 0 Å². The predicted octanol–water partition coefficient (Wildman–Crippen LogP) is 3.84. The highest BCUT2D eigenvalue weighted by Gasteiger charge is 2.30. The van der Waals surface area contributed by atoms with Gasteiger partial charge in [0.05, 0.1) is 17.1 Å². The summed E-state index contributed by atoms with van der Waals surface area (Å²) in [7, 11) is 0. The monoisotopic (exact) mass is 259 g/mol. The van der Waals surface area contributed by atoms with Crippen LogP contribution in [0, 0.1) is 5.41 Å². The fraction of sp³-hybridized carbons (Fsp3) is 0.562. The molecule has 0 bridgehead atoms. The van der Waals surface area contributed by atoms with Gasteiger partial charge in [-0.05, 0) is 38.3 Å². The molecular formula is C16H25N3. The molecule has 2 N–H and O–H groups in total. The maximum absolute atomic E-state index is 6.45. The number of nitrogens with two attached hydrogens (primary N) is 1. The van der Waals surface area contributed by atoms with Crippen LogP contribution >= 0.6 is 0 Å². The third-order valence-corrected chi connectivity index (χ3v) is 3.47. The van der Waals surface area contributed by atoms with Crippen molar-refractivity contribution in [2.24, 2.45) is 11.1 Å². The number of benzene rings is 1. The topological polar surface area (TPSA) is 43.8 Å². The molecule has 1 aromatic carbocycles. The Labute approximate surface area is 115 Å². The van der Waals surface area contributed by atoms with Gasteiger partial charge in [0.25, 0.3) is 0 Å². The first-order valence-corrected chi connectivity index (χ1v) is 6.86. The van der Waals surface area contributed by atoms with E-state index in [9.17, 15) is 0 Å². The van der Waals surface area contributed by atoms with Crippen molar-refractivity contribution in [1.29, 1.82) is 0 Å². The van der Waals surface area contributed by atoms with Gasteiger partial charge in [0.15, 0.2) is 0 Å². The van der Waals surface area contributed by atoms with Crippen LogP contribution in [0.25, 0.3) is 11.0 Å². The maximum Gasteiger partial charge on any atom is 0.127 e.